The van der Waals surface area contributed by atoms with Gasteiger partial charge in [0.15, 0.2) is 0 Å². The Morgan fingerprint density at radius 1 is 1.20 bits per heavy atom. The molecule has 1 atom stereocenters. The van der Waals surface area contributed by atoms with Crippen LogP contribution >= 0.6 is 0 Å². The van der Waals surface area contributed by atoms with Crippen molar-refractivity contribution in [3.63, 3.8) is 0 Å². The SMILES string of the molecule is COc1ccc(Cc2nnc(C(N)CC(C)C)o2)cc1. The lowest BCUT2D eigenvalue weighted by atomic mass is 10.0. The van der Waals surface area contributed by atoms with Gasteiger partial charge in [-0.25, -0.2) is 0 Å². The van der Waals surface area contributed by atoms with Crippen molar-refractivity contribution in [2.45, 2.75) is 32.7 Å². The molecule has 1 unspecified atom stereocenters. The zero-order valence-electron chi connectivity index (χ0n) is 12.2. The third kappa shape index (κ3) is 3.81. The fourth-order valence-electron chi connectivity index (χ4n) is 2.01. The Bertz CT molecular complexity index is 534. The highest BCUT2D eigenvalue weighted by atomic mass is 16.5. The topological polar surface area (TPSA) is 74.2 Å². The van der Waals surface area contributed by atoms with Crippen LogP contribution in [-0.2, 0) is 6.42 Å². The molecule has 0 fully saturated rings. The number of ether oxygens (including phenoxy) is 1. The van der Waals surface area contributed by atoms with Crippen molar-refractivity contribution < 1.29 is 9.15 Å². The minimum atomic E-state index is -0.188. The lowest BCUT2D eigenvalue weighted by molar-refractivity contribution is 0.387. The van der Waals surface area contributed by atoms with Crippen molar-refractivity contribution in [2.24, 2.45) is 11.7 Å². The molecule has 0 aliphatic heterocycles. The molecule has 108 valence electrons. The van der Waals surface area contributed by atoms with Crippen LogP contribution < -0.4 is 10.5 Å². The van der Waals surface area contributed by atoms with E-state index in [1.54, 1.807) is 7.11 Å². The monoisotopic (exact) mass is 275 g/mol. The Hall–Kier alpha value is -1.88. The molecule has 2 aromatic rings. The quantitative estimate of drug-likeness (QED) is 0.877. The summed E-state index contributed by atoms with van der Waals surface area (Å²) in [6, 6.07) is 7.61. The Kier molecular flexibility index (Phi) is 4.74. The molecule has 5 heteroatoms. The summed E-state index contributed by atoms with van der Waals surface area (Å²) in [6.45, 7) is 4.24. The van der Waals surface area contributed by atoms with Crippen molar-refractivity contribution in [1.82, 2.24) is 10.2 Å². The first kappa shape index (κ1) is 14.5. The lowest BCUT2D eigenvalue weighted by Crippen LogP contribution is -2.13. The number of benzene rings is 1. The first-order valence-electron chi connectivity index (χ1n) is 6.79. The van der Waals surface area contributed by atoms with Gasteiger partial charge in [0.2, 0.25) is 11.8 Å². The number of nitrogens with zero attached hydrogens (tertiary/aromatic N) is 2. The molecule has 0 saturated heterocycles. The average Bonchev–Trinajstić information content (AvgIpc) is 2.87. The highest BCUT2D eigenvalue weighted by Gasteiger charge is 2.15. The Morgan fingerprint density at radius 2 is 1.90 bits per heavy atom. The third-order valence-corrected chi connectivity index (χ3v) is 3.04. The molecule has 0 aliphatic carbocycles. The third-order valence-electron chi connectivity index (χ3n) is 3.04. The predicted octanol–water partition coefficient (Wildman–Crippen LogP) is 2.71. The molecule has 1 aromatic heterocycles. The number of rotatable bonds is 6. The maximum atomic E-state index is 6.03. The van der Waals surface area contributed by atoms with E-state index in [1.165, 1.54) is 0 Å². The molecule has 0 amide bonds. The van der Waals surface area contributed by atoms with Gasteiger partial charge in [-0.05, 0) is 30.0 Å². The van der Waals surface area contributed by atoms with Crippen LogP contribution in [0.4, 0.5) is 0 Å². The van der Waals surface area contributed by atoms with E-state index in [2.05, 4.69) is 24.0 Å². The lowest BCUT2D eigenvalue weighted by Gasteiger charge is -2.08. The van der Waals surface area contributed by atoms with Crippen molar-refractivity contribution in [3.05, 3.63) is 41.6 Å². The average molecular weight is 275 g/mol. The van der Waals surface area contributed by atoms with Crippen molar-refractivity contribution in [1.29, 1.82) is 0 Å². The van der Waals surface area contributed by atoms with Crippen LogP contribution in [0.15, 0.2) is 28.7 Å². The summed E-state index contributed by atoms with van der Waals surface area (Å²) >= 11 is 0. The molecule has 0 spiro atoms. The van der Waals surface area contributed by atoms with Crippen LogP contribution in [0.25, 0.3) is 0 Å². The van der Waals surface area contributed by atoms with Crippen LogP contribution in [0.1, 0.15) is 43.7 Å². The van der Waals surface area contributed by atoms with E-state index in [0.29, 0.717) is 24.1 Å². The molecule has 0 saturated carbocycles. The summed E-state index contributed by atoms with van der Waals surface area (Å²) in [7, 11) is 1.65. The van der Waals surface area contributed by atoms with Crippen molar-refractivity contribution in [3.8, 4) is 5.75 Å². The first-order chi connectivity index (χ1) is 9.58. The van der Waals surface area contributed by atoms with Gasteiger partial charge in [0.05, 0.1) is 19.6 Å². The second-order valence-electron chi connectivity index (χ2n) is 5.29. The molecular formula is C15H21N3O2. The van der Waals surface area contributed by atoms with Gasteiger partial charge in [0, 0.05) is 0 Å². The van der Waals surface area contributed by atoms with Gasteiger partial charge >= 0.3 is 0 Å². The number of aromatic nitrogens is 2. The van der Waals surface area contributed by atoms with Gasteiger partial charge < -0.3 is 14.9 Å². The second-order valence-corrected chi connectivity index (χ2v) is 5.29. The molecule has 2 rings (SSSR count). The van der Waals surface area contributed by atoms with E-state index >= 15 is 0 Å². The smallest absolute Gasteiger partial charge is 0.233 e. The van der Waals surface area contributed by atoms with Crippen LogP contribution in [0.5, 0.6) is 5.75 Å². The standard InChI is InChI=1S/C15H21N3O2/c1-10(2)8-13(16)15-18-17-14(20-15)9-11-4-6-12(19-3)7-5-11/h4-7,10,13H,8-9,16H2,1-3H3. The zero-order valence-corrected chi connectivity index (χ0v) is 12.2. The maximum Gasteiger partial charge on any atom is 0.233 e. The molecule has 5 nitrogen and oxygen atoms in total. The van der Waals surface area contributed by atoms with Gasteiger partial charge in [0.1, 0.15) is 5.75 Å². The van der Waals surface area contributed by atoms with E-state index in [9.17, 15) is 0 Å². The Balaban J connectivity index is 2.01. The summed E-state index contributed by atoms with van der Waals surface area (Å²) < 4.78 is 10.8. The summed E-state index contributed by atoms with van der Waals surface area (Å²) in [6.07, 6.45) is 1.44. The van der Waals surface area contributed by atoms with Crippen molar-refractivity contribution in [2.75, 3.05) is 7.11 Å². The number of hydrogen-bond acceptors (Lipinski definition) is 5. The molecule has 0 radical (unpaired) electrons. The minimum absolute atomic E-state index is 0.188. The molecule has 0 bridgehead atoms. The highest BCUT2D eigenvalue weighted by Crippen LogP contribution is 2.19. The Morgan fingerprint density at radius 3 is 2.50 bits per heavy atom. The van der Waals surface area contributed by atoms with Crippen LogP contribution in [-0.4, -0.2) is 17.3 Å². The number of methoxy groups -OCH3 is 1. The zero-order chi connectivity index (χ0) is 14.5. The summed E-state index contributed by atoms with van der Waals surface area (Å²) in [5.74, 6) is 2.44. The van der Waals surface area contributed by atoms with Gasteiger partial charge in [-0.2, -0.15) is 0 Å². The normalized spacial score (nSPS) is 12.7. The molecule has 20 heavy (non-hydrogen) atoms. The number of nitrogens with two attached hydrogens (primary N) is 1. The predicted molar refractivity (Wildman–Crippen MR) is 76.5 cm³/mol. The Labute approximate surface area is 119 Å². The molecule has 2 N–H and O–H groups in total. The van der Waals surface area contributed by atoms with Gasteiger partial charge in [-0.15, -0.1) is 10.2 Å². The van der Waals surface area contributed by atoms with Crippen molar-refractivity contribution >= 4 is 0 Å². The number of hydrogen-bond donors (Lipinski definition) is 1. The highest BCUT2D eigenvalue weighted by molar-refractivity contribution is 5.28. The fourth-order valence-corrected chi connectivity index (χ4v) is 2.01. The van der Waals surface area contributed by atoms with Gasteiger partial charge in [-0.1, -0.05) is 26.0 Å². The van der Waals surface area contributed by atoms with Crippen LogP contribution in [0.2, 0.25) is 0 Å². The van der Waals surface area contributed by atoms with Gasteiger partial charge in [0.25, 0.3) is 0 Å². The van der Waals surface area contributed by atoms with E-state index in [1.807, 2.05) is 24.3 Å². The minimum Gasteiger partial charge on any atom is -0.497 e. The molecule has 1 heterocycles. The summed E-state index contributed by atoms with van der Waals surface area (Å²) in [4.78, 5) is 0. The van der Waals surface area contributed by atoms with E-state index in [4.69, 9.17) is 14.9 Å². The molecular weight excluding hydrogens is 254 g/mol. The van der Waals surface area contributed by atoms with E-state index in [-0.39, 0.29) is 6.04 Å². The van der Waals surface area contributed by atoms with E-state index < -0.39 is 0 Å². The summed E-state index contributed by atoms with van der Waals surface area (Å²) in [5.41, 5.74) is 7.12. The van der Waals surface area contributed by atoms with E-state index in [0.717, 1.165) is 17.7 Å². The maximum absolute atomic E-state index is 6.03. The molecule has 0 aliphatic rings. The van der Waals surface area contributed by atoms with Gasteiger partial charge in [-0.3, -0.25) is 0 Å². The fraction of sp³-hybridized carbons (Fsp3) is 0.467. The van der Waals surface area contributed by atoms with Crippen LogP contribution in [0.3, 0.4) is 0 Å². The first-order valence-corrected chi connectivity index (χ1v) is 6.79. The molecule has 1 aromatic carbocycles. The largest absolute Gasteiger partial charge is 0.497 e. The summed E-state index contributed by atoms with van der Waals surface area (Å²) in [5, 5.41) is 8.09. The second kappa shape index (κ2) is 6.52. The van der Waals surface area contributed by atoms with Crippen LogP contribution in [0, 0.1) is 5.92 Å².